The molecule has 0 aromatic heterocycles. The van der Waals surface area contributed by atoms with Crippen molar-refractivity contribution in [3.63, 3.8) is 0 Å². The average Bonchev–Trinajstić information content (AvgIpc) is 2.75. The van der Waals surface area contributed by atoms with Gasteiger partial charge in [0.2, 0.25) is 5.91 Å². The van der Waals surface area contributed by atoms with Gasteiger partial charge in [-0.15, -0.1) is 0 Å². The van der Waals surface area contributed by atoms with E-state index in [9.17, 15) is 9.18 Å². The summed E-state index contributed by atoms with van der Waals surface area (Å²) in [5, 5.41) is 2.67. The number of nitrogens with zero attached hydrogens (tertiary/aromatic N) is 1. The predicted octanol–water partition coefficient (Wildman–Crippen LogP) is 5.24. The van der Waals surface area contributed by atoms with Crippen molar-refractivity contribution in [1.29, 1.82) is 0 Å². The minimum Gasteiger partial charge on any atom is -0.397 e. The topological polar surface area (TPSA) is 58.4 Å². The highest BCUT2D eigenvalue weighted by atomic mass is 19.1. The minimum atomic E-state index is -0.429. The summed E-state index contributed by atoms with van der Waals surface area (Å²) in [5.41, 5.74) is 10.8. The van der Waals surface area contributed by atoms with E-state index >= 15 is 0 Å². The lowest BCUT2D eigenvalue weighted by Gasteiger charge is -2.61. The van der Waals surface area contributed by atoms with Crippen LogP contribution in [0.5, 0.6) is 0 Å². The monoisotopic (exact) mass is 431 g/mol. The third-order valence-corrected chi connectivity index (χ3v) is 7.36. The van der Waals surface area contributed by atoms with Crippen molar-refractivity contribution in [2.75, 3.05) is 24.6 Å². The van der Waals surface area contributed by atoms with Crippen LogP contribution in [0.15, 0.2) is 60.2 Å². The number of rotatable bonds is 7. The number of carbonyl (C=O) groups is 1. The van der Waals surface area contributed by atoms with Gasteiger partial charge in [0.05, 0.1) is 11.4 Å². The highest BCUT2D eigenvalue weighted by Crippen LogP contribution is 2.65. The molecule has 0 radical (unpaired) electrons. The number of allylic oxidation sites excluding steroid dienone is 1. The van der Waals surface area contributed by atoms with Crippen molar-refractivity contribution in [2.45, 2.75) is 32.2 Å². The van der Waals surface area contributed by atoms with Gasteiger partial charge in [0, 0.05) is 24.6 Å². The van der Waals surface area contributed by atoms with E-state index in [1.54, 1.807) is 11.6 Å². The van der Waals surface area contributed by atoms with E-state index in [1.165, 1.54) is 55.5 Å². The number of nitrogens with two attached hydrogens (primary N) is 1. The molecule has 0 spiro atoms. The van der Waals surface area contributed by atoms with Gasteiger partial charge in [-0.05, 0) is 80.0 Å². The van der Waals surface area contributed by atoms with Gasteiger partial charge in [-0.3, -0.25) is 4.79 Å². The van der Waals surface area contributed by atoms with E-state index in [0.29, 0.717) is 11.1 Å². The number of nitrogen functional groups attached to an aromatic ring is 1. The Hall–Kier alpha value is -2.92. The lowest BCUT2D eigenvalue weighted by Crippen LogP contribution is -2.54. The summed E-state index contributed by atoms with van der Waals surface area (Å²) >= 11 is 0. The molecule has 1 amide bonds. The molecule has 2 aromatic carbocycles. The molecule has 4 nitrogen and oxygen atoms in total. The second-order valence-electron chi connectivity index (χ2n) is 9.85. The lowest BCUT2D eigenvalue weighted by atomic mass is 9.45. The van der Waals surface area contributed by atoms with Crippen molar-refractivity contribution in [3.8, 4) is 0 Å². The molecule has 32 heavy (non-hydrogen) atoms. The van der Waals surface area contributed by atoms with Crippen LogP contribution in [0.3, 0.4) is 0 Å². The summed E-state index contributed by atoms with van der Waals surface area (Å²) < 4.78 is 13.1. The fourth-order valence-corrected chi connectivity index (χ4v) is 6.14. The standard InChI is InChI=1S/C27H30FN3O/c1-31(17-27-14-20-6-9-23(27)21(12-20)15-27)16-19-4-2-18(3-5-19)7-11-26(32)30-25-10-8-22(28)13-24(25)29/h2-5,7-11,13,20-21H,6,12,14-17,29H2,1H3,(H,30,32)/b11-7+. The first kappa shape index (κ1) is 21.0. The van der Waals surface area contributed by atoms with Crippen molar-refractivity contribution < 1.29 is 9.18 Å². The number of halogens is 1. The van der Waals surface area contributed by atoms with Crippen LogP contribution in [0.2, 0.25) is 0 Å². The molecule has 3 N–H and O–H groups in total. The number of carbonyl (C=O) groups excluding carboxylic acids is 1. The molecular formula is C27H30FN3O. The molecule has 166 valence electrons. The normalized spacial score (nSPS) is 25.7. The number of fused-ring (bicyclic) bond motifs is 1. The number of amides is 1. The van der Waals surface area contributed by atoms with Crippen LogP contribution in [-0.2, 0) is 11.3 Å². The number of hydrogen-bond acceptors (Lipinski definition) is 3. The van der Waals surface area contributed by atoms with Gasteiger partial charge in [-0.25, -0.2) is 4.39 Å². The van der Waals surface area contributed by atoms with Gasteiger partial charge in [0.25, 0.3) is 0 Å². The molecule has 3 atom stereocenters. The average molecular weight is 432 g/mol. The van der Waals surface area contributed by atoms with Gasteiger partial charge in [-0.1, -0.05) is 35.9 Å². The SMILES string of the molecule is CN(Cc1ccc(/C=C/C(=O)Nc2ccc(F)cc2N)cc1)CC12CC3CC=C1C(C3)C2. The van der Waals surface area contributed by atoms with Crippen LogP contribution in [0.4, 0.5) is 15.8 Å². The van der Waals surface area contributed by atoms with Crippen LogP contribution in [0.25, 0.3) is 6.08 Å². The Balaban J connectivity index is 1.14. The zero-order valence-electron chi connectivity index (χ0n) is 18.5. The van der Waals surface area contributed by atoms with Crippen LogP contribution >= 0.6 is 0 Å². The number of nitrogens with one attached hydrogen (secondary N) is 1. The zero-order chi connectivity index (χ0) is 22.3. The first-order chi connectivity index (χ1) is 15.4. The largest absolute Gasteiger partial charge is 0.397 e. The van der Waals surface area contributed by atoms with Crippen molar-refractivity contribution in [3.05, 3.63) is 77.1 Å². The highest BCUT2D eigenvalue weighted by molar-refractivity contribution is 6.03. The first-order valence-corrected chi connectivity index (χ1v) is 11.4. The maximum atomic E-state index is 13.1. The molecule has 5 heteroatoms. The third-order valence-electron chi connectivity index (χ3n) is 7.36. The van der Waals surface area contributed by atoms with Crippen LogP contribution in [0, 0.1) is 23.1 Å². The van der Waals surface area contributed by atoms with Crippen molar-refractivity contribution >= 4 is 23.4 Å². The summed E-state index contributed by atoms with van der Waals surface area (Å²) in [5.74, 6) is 1.07. The van der Waals surface area contributed by atoms with E-state index in [2.05, 4.69) is 35.5 Å². The van der Waals surface area contributed by atoms with Crippen LogP contribution < -0.4 is 11.1 Å². The Kier molecular flexibility index (Phi) is 5.38. The third kappa shape index (κ3) is 4.09. The molecule has 3 unspecified atom stereocenters. The van der Waals surface area contributed by atoms with Crippen molar-refractivity contribution in [1.82, 2.24) is 4.90 Å². The highest BCUT2D eigenvalue weighted by Gasteiger charge is 2.56. The smallest absolute Gasteiger partial charge is 0.248 e. The Morgan fingerprint density at radius 2 is 2.06 bits per heavy atom. The fourth-order valence-electron chi connectivity index (χ4n) is 6.14. The van der Waals surface area contributed by atoms with E-state index in [1.807, 2.05) is 12.1 Å². The van der Waals surface area contributed by atoms with Gasteiger partial charge in [-0.2, -0.15) is 0 Å². The summed E-state index contributed by atoms with van der Waals surface area (Å²) in [6.07, 6.45) is 11.3. The summed E-state index contributed by atoms with van der Waals surface area (Å²) in [6, 6.07) is 12.2. The maximum absolute atomic E-state index is 13.1. The van der Waals surface area contributed by atoms with E-state index in [4.69, 9.17) is 5.73 Å². The van der Waals surface area contributed by atoms with Gasteiger partial charge in [0.15, 0.2) is 0 Å². The number of anilines is 2. The quantitative estimate of drug-likeness (QED) is 0.358. The molecule has 0 heterocycles. The van der Waals surface area contributed by atoms with E-state index < -0.39 is 5.82 Å². The molecule has 4 aliphatic carbocycles. The zero-order valence-corrected chi connectivity index (χ0v) is 18.5. The molecule has 6 rings (SSSR count). The Morgan fingerprint density at radius 3 is 2.75 bits per heavy atom. The molecule has 4 bridgehead atoms. The summed E-state index contributed by atoms with van der Waals surface area (Å²) in [7, 11) is 2.23. The Morgan fingerprint density at radius 1 is 1.25 bits per heavy atom. The second kappa shape index (κ2) is 8.21. The van der Waals surface area contributed by atoms with Gasteiger partial charge >= 0.3 is 0 Å². The van der Waals surface area contributed by atoms with Crippen molar-refractivity contribution in [2.24, 2.45) is 17.3 Å². The van der Waals surface area contributed by atoms with E-state index in [0.717, 1.165) is 30.5 Å². The minimum absolute atomic E-state index is 0.203. The molecular weight excluding hydrogens is 401 g/mol. The van der Waals surface area contributed by atoms with Gasteiger partial charge in [0.1, 0.15) is 5.82 Å². The Bertz CT molecular complexity index is 1090. The van der Waals surface area contributed by atoms with E-state index in [-0.39, 0.29) is 11.6 Å². The summed E-state index contributed by atoms with van der Waals surface area (Å²) in [6.45, 7) is 2.08. The summed E-state index contributed by atoms with van der Waals surface area (Å²) in [4.78, 5) is 14.6. The Labute approximate surface area is 189 Å². The molecule has 2 aromatic rings. The number of hydrogen-bond donors (Lipinski definition) is 2. The molecule has 0 saturated heterocycles. The van der Waals surface area contributed by atoms with Crippen LogP contribution in [0.1, 0.15) is 36.8 Å². The predicted molar refractivity (Wildman–Crippen MR) is 127 cm³/mol. The van der Waals surface area contributed by atoms with Crippen LogP contribution in [-0.4, -0.2) is 24.4 Å². The second-order valence-corrected chi connectivity index (χ2v) is 9.85. The fraction of sp³-hybridized carbons (Fsp3) is 0.370. The maximum Gasteiger partial charge on any atom is 0.248 e. The van der Waals surface area contributed by atoms with Gasteiger partial charge < -0.3 is 16.0 Å². The number of benzene rings is 2. The first-order valence-electron chi connectivity index (χ1n) is 11.4. The molecule has 4 aliphatic rings. The molecule has 2 fully saturated rings. The molecule has 2 saturated carbocycles. The lowest BCUT2D eigenvalue weighted by molar-refractivity contribution is -0.111. The molecule has 0 aliphatic heterocycles.